The van der Waals surface area contributed by atoms with Crippen molar-refractivity contribution < 1.29 is 19.1 Å². The fourth-order valence-electron chi connectivity index (χ4n) is 6.46. The number of unbranched alkanes of at least 4 members (excludes halogenated alkanes) is 29. The van der Waals surface area contributed by atoms with Crippen LogP contribution in [0.3, 0.4) is 0 Å². The van der Waals surface area contributed by atoms with Crippen LogP contribution >= 0.6 is 0 Å². The number of nitrogens with one attached hydrogen (secondary N) is 1. The first kappa shape index (κ1) is 47.1. The first-order chi connectivity index (χ1) is 23.7. The maximum absolute atomic E-state index is 12.5. The molecule has 0 saturated heterocycles. The van der Waals surface area contributed by atoms with Crippen LogP contribution in [0.25, 0.3) is 0 Å². The van der Waals surface area contributed by atoms with Gasteiger partial charge in [-0.2, -0.15) is 0 Å². The summed E-state index contributed by atoms with van der Waals surface area (Å²) >= 11 is 0. The lowest BCUT2D eigenvalue weighted by Gasteiger charge is -2.19. The Labute approximate surface area is 300 Å². The van der Waals surface area contributed by atoms with Gasteiger partial charge in [-0.25, -0.2) is 0 Å². The molecule has 5 nitrogen and oxygen atoms in total. The van der Waals surface area contributed by atoms with Gasteiger partial charge >= 0.3 is 0 Å². The van der Waals surface area contributed by atoms with E-state index in [-0.39, 0.29) is 11.9 Å². The molecule has 0 radical (unpaired) electrons. The van der Waals surface area contributed by atoms with Gasteiger partial charge in [0.15, 0.2) is 0 Å². The molecular weight excluding hydrogens is 594 g/mol. The molecule has 286 valence electrons. The predicted molar refractivity (Wildman–Crippen MR) is 208 cm³/mol. The van der Waals surface area contributed by atoms with Crippen molar-refractivity contribution in [1.29, 1.82) is 0 Å². The zero-order chi connectivity index (χ0) is 35.0. The lowest BCUT2D eigenvalue weighted by atomic mass is 10.1. The summed E-state index contributed by atoms with van der Waals surface area (Å²) in [7, 11) is 0. The van der Waals surface area contributed by atoms with Crippen molar-refractivity contribution in [1.82, 2.24) is 5.32 Å². The summed E-state index contributed by atoms with van der Waals surface area (Å²) in [6.07, 6.45) is 41.4. The first-order valence-corrected chi connectivity index (χ1v) is 21.7. The second-order valence-corrected chi connectivity index (χ2v) is 14.7. The molecule has 0 aromatic carbocycles. The van der Waals surface area contributed by atoms with Crippen LogP contribution in [0.15, 0.2) is 0 Å². The summed E-state index contributed by atoms with van der Waals surface area (Å²) in [6.45, 7) is 9.04. The third-order valence-electron chi connectivity index (χ3n) is 9.80. The number of Topliss-reactive ketones (excluding diaryl/α,β-unsaturated/α-hetero) is 1. The summed E-state index contributed by atoms with van der Waals surface area (Å²) in [4.78, 5) is 24.9. The highest BCUT2D eigenvalue weighted by atomic mass is 16.5. The lowest BCUT2D eigenvalue weighted by Crippen LogP contribution is -2.39. The van der Waals surface area contributed by atoms with Crippen molar-refractivity contribution in [3.8, 4) is 0 Å². The van der Waals surface area contributed by atoms with E-state index >= 15 is 0 Å². The minimum absolute atomic E-state index is 0.199. The second-order valence-electron chi connectivity index (χ2n) is 14.7. The zero-order valence-electron chi connectivity index (χ0n) is 32.9. The third-order valence-corrected chi connectivity index (χ3v) is 9.80. The van der Waals surface area contributed by atoms with Gasteiger partial charge in [-0.15, -0.1) is 0 Å². The van der Waals surface area contributed by atoms with Gasteiger partial charge in [-0.1, -0.05) is 207 Å². The summed E-state index contributed by atoms with van der Waals surface area (Å²) in [5.74, 6) is -0.754. The van der Waals surface area contributed by atoms with Crippen LogP contribution in [-0.2, 0) is 19.1 Å². The SMILES string of the molecule is CCCCCCCCCCCCCCOC[C@H](CNC(=O)C(=O)CCCCCCCCCC)OCCCCCCCCCCCCCC. The fourth-order valence-corrected chi connectivity index (χ4v) is 6.46. The molecule has 1 amide bonds. The monoisotopic (exact) mass is 680 g/mol. The standard InChI is InChI=1S/C43H85NO4/c1-4-7-10-13-16-19-21-23-25-28-31-34-37-47-40-41(48-38-35-32-29-26-24-22-20-17-14-11-8-5-2)39-44-43(46)42(45)36-33-30-27-18-15-12-9-6-3/h41H,4-40H2,1-3H3,(H,44,46)/t41-/m0/s1. The van der Waals surface area contributed by atoms with E-state index in [2.05, 4.69) is 26.1 Å². The van der Waals surface area contributed by atoms with E-state index < -0.39 is 5.91 Å². The summed E-state index contributed by atoms with van der Waals surface area (Å²) in [6, 6.07) is 0. The van der Waals surface area contributed by atoms with E-state index in [1.807, 2.05) is 0 Å². The Morgan fingerprint density at radius 1 is 0.438 bits per heavy atom. The molecule has 0 bridgehead atoms. The molecule has 0 aromatic rings. The maximum atomic E-state index is 12.5. The molecule has 0 aliphatic carbocycles. The van der Waals surface area contributed by atoms with Crippen molar-refractivity contribution in [3.05, 3.63) is 0 Å². The maximum Gasteiger partial charge on any atom is 0.287 e. The largest absolute Gasteiger partial charge is 0.379 e. The molecule has 0 aliphatic heterocycles. The molecule has 0 rings (SSSR count). The molecule has 48 heavy (non-hydrogen) atoms. The van der Waals surface area contributed by atoms with Crippen molar-refractivity contribution in [2.75, 3.05) is 26.4 Å². The predicted octanol–water partition coefficient (Wildman–Crippen LogP) is 13.0. The van der Waals surface area contributed by atoms with Gasteiger partial charge in [0.1, 0.15) is 0 Å². The highest BCUT2D eigenvalue weighted by molar-refractivity contribution is 6.36. The number of rotatable bonds is 41. The van der Waals surface area contributed by atoms with Crippen LogP contribution in [0.1, 0.15) is 233 Å². The summed E-state index contributed by atoms with van der Waals surface area (Å²) in [5, 5.41) is 2.86. The van der Waals surface area contributed by atoms with E-state index in [1.54, 1.807) is 0 Å². The molecule has 0 fully saturated rings. The van der Waals surface area contributed by atoms with E-state index in [4.69, 9.17) is 9.47 Å². The van der Waals surface area contributed by atoms with Crippen molar-refractivity contribution in [2.45, 2.75) is 239 Å². The van der Waals surface area contributed by atoms with Gasteiger partial charge in [0, 0.05) is 26.2 Å². The van der Waals surface area contributed by atoms with E-state index in [9.17, 15) is 9.59 Å². The normalized spacial score (nSPS) is 12.1. The molecule has 0 saturated carbocycles. The second kappa shape index (κ2) is 40.5. The summed E-state index contributed by atoms with van der Waals surface area (Å²) < 4.78 is 12.2. The van der Waals surface area contributed by atoms with Crippen LogP contribution < -0.4 is 5.32 Å². The molecule has 0 unspecified atom stereocenters. The van der Waals surface area contributed by atoms with E-state index in [0.29, 0.717) is 26.2 Å². The molecule has 1 N–H and O–H groups in total. The highest BCUT2D eigenvalue weighted by Crippen LogP contribution is 2.14. The van der Waals surface area contributed by atoms with E-state index in [1.165, 1.54) is 173 Å². The van der Waals surface area contributed by atoms with Crippen molar-refractivity contribution in [3.63, 3.8) is 0 Å². The molecule has 1 atom stereocenters. The van der Waals surface area contributed by atoms with Gasteiger partial charge < -0.3 is 14.8 Å². The number of hydrogen-bond donors (Lipinski definition) is 1. The number of hydrogen-bond acceptors (Lipinski definition) is 4. The Kier molecular flexibility index (Phi) is 39.7. The van der Waals surface area contributed by atoms with Gasteiger partial charge in [0.25, 0.3) is 5.91 Å². The Bertz CT molecular complexity index is 655. The first-order valence-electron chi connectivity index (χ1n) is 21.7. The average Bonchev–Trinajstić information content (AvgIpc) is 3.09. The smallest absolute Gasteiger partial charge is 0.287 e. The van der Waals surface area contributed by atoms with Crippen LogP contribution in [0.2, 0.25) is 0 Å². The number of amides is 1. The quantitative estimate of drug-likeness (QED) is 0.0516. The fraction of sp³-hybridized carbons (Fsp3) is 0.953. The number of carbonyl (C=O) groups is 2. The van der Waals surface area contributed by atoms with Gasteiger partial charge in [0.2, 0.25) is 5.78 Å². The number of ketones is 1. The third kappa shape index (κ3) is 36.3. The minimum Gasteiger partial charge on any atom is -0.379 e. The molecule has 0 aliphatic rings. The highest BCUT2D eigenvalue weighted by Gasteiger charge is 2.16. The minimum atomic E-state index is -0.460. The topological polar surface area (TPSA) is 64.6 Å². The Balaban J connectivity index is 4.17. The zero-order valence-corrected chi connectivity index (χ0v) is 32.9. The molecular formula is C43H85NO4. The number of carbonyl (C=O) groups excluding carboxylic acids is 2. The van der Waals surface area contributed by atoms with Crippen molar-refractivity contribution >= 4 is 11.7 Å². The Hall–Kier alpha value is -0.940. The van der Waals surface area contributed by atoms with Crippen LogP contribution in [0.4, 0.5) is 0 Å². The van der Waals surface area contributed by atoms with Crippen LogP contribution in [0, 0.1) is 0 Å². The van der Waals surface area contributed by atoms with Gasteiger partial charge in [0.05, 0.1) is 12.7 Å². The number of ether oxygens (including phenoxy) is 2. The molecule has 0 aromatic heterocycles. The van der Waals surface area contributed by atoms with E-state index in [0.717, 1.165) is 38.7 Å². The Morgan fingerprint density at radius 3 is 1.17 bits per heavy atom. The Morgan fingerprint density at radius 2 is 0.771 bits per heavy atom. The van der Waals surface area contributed by atoms with Gasteiger partial charge in [-0.3, -0.25) is 9.59 Å². The summed E-state index contributed by atoms with van der Waals surface area (Å²) in [5.41, 5.74) is 0. The molecule has 5 heteroatoms. The van der Waals surface area contributed by atoms with Crippen molar-refractivity contribution in [2.24, 2.45) is 0 Å². The van der Waals surface area contributed by atoms with Crippen LogP contribution in [-0.4, -0.2) is 44.2 Å². The van der Waals surface area contributed by atoms with Gasteiger partial charge in [-0.05, 0) is 19.3 Å². The average molecular weight is 680 g/mol. The molecule has 0 heterocycles. The molecule has 0 spiro atoms. The lowest BCUT2D eigenvalue weighted by molar-refractivity contribution is -0.138. The van der Waals surface area contributed by atoms with Crippen LogP contribution in [0.5, 0.6) is 0 Å².